The molecule has 0 aliphatic heterocycles. The smallest absolute Gasteiger partial charge is 0.121 e. The molecule has 8 aromatic rings. The lowest BCUT2D eigenvalue weighted by Gasteiger charge is -2.22. The summed E-state index contributed by atoms with van der Waals surface area (Å²) in [6.45, 7) is 9.35. The number of aromatic nitrogens is 4. The lowest BCUT2D eigenvalue weighted by atomic mass is 9.81. The van der Waals surface area contributed by atoms with Crippen molar-refractivity contribution in [3.05, 3.63) is 168 Å². The Morgan fingerprint density at radius 3 is 1.67 bits per heavy atom. The van der Waals surface area contributed by atoms with E-state index in [1.54, 1.807) is 11.0 Å². The summed E-state index contributed by atoms with van der Waals surface area (Å²) in [5.41, 5.74) is 20.0. The van der Waals surface area contributed by atoms with E-state index < -0.39 is 0 Å². The predicted octanol–water partition coefficient (Wildman–Crippen LogP) is 11.4. The maximum absolute atomic E-state index is 5.17. The van der Waals surface area contributed by atoms with Crippen molar-refractivity contribution >= 4 is 11.0 Å². The fraction of sp³-hybridized carbons (Fsp3) is 0.128. The quantitative estimate of drug-likeness (QED) is 0.189. The highest BCUT2D eigenvalue weighted by atomic mass is 15.5. The molecule has 2 aliphatic rings. The minimum absolute atomic E-state index is 0.0828. The standard InChI is InChI=1S/C47H36N4/c1-46(2)40-13-7-5-11-35(40)37-21-17-30(25-42(37)46)33-24-39(31-18-22-38-36-12-6-8-14-41(36)47(3,4)43(38)26-31)45-44(27-33)49-51(50-45)34-19-15-29(16-20-34)32-10-9-23-48-28-32/h5-28H,1-4H3. The number of hydrogen-bond donors (Lipinski definition) is 0. The topological polar surface area (TPSA) is 43.6 Å². The average Bonchev–Trinajstić information content (AvgIpc) is 3.78. The first-order valence-corrected chi connectivity index (χ1v) is 17.7. The second-order valence-electron chi connectivity index (χ2n) is 15.0. The Hall–Kier alpha value is -6.13. The van der Waals surface area contributed by atoms with Crippen LogP contribution in [0.3, 0.4) is 0 Å². The zero-order chi connectivity index (χ0) is 34.5. The van der Waals surface area contributed by atoms with Gasteiger partial charge in [0.05, 0.1) is 5.69 Å². The van der Waals surface area contributed by atoms with Gasteiger partial charge < -0.3 is 0 Å². The van der Waals surface area contributed by atoms with Gasteiger partial charge in [0.25, 0.3) is 0 Å². The van der Waals surface area contributed by atoms with Gasteiger partial charge in [-0.25, -0.2) is 0 Å². The third-order valence-corrected chi connectivity index (χ3v) is 11.4. The summed E-state index contributed by atoms with van der Waals surface area (Å²) in [6.07, 6.45) is 3.69. The Labute approximate surface area is 298 Å². The van der Waals surface area contributed by atoms with Crippen LogP contribution in [-0.2, 0) is 10.8 Å². The van der Waals surface area contributed by atoms with Crippen LogP contribution in [0.1, 0.15) is 49.9 Å². The van der Waals surface area contributed by atoms with Crippen LogP contribution in [0.4, 0.5) is 0 Å². The molecule has 0 fully saturated rings. The van der Waals surface area contributed by atoms with Gasteiger partial charge in [0.15, 0.2) is 0 Å². The van der Waals surface area contributed by atoms with Crippen LogP contribution in [0.2, 0.25) is 0 Å². The Balaban J connectivity index is 1.14. The van der Waals surface area contributed by atoms with Crippen LogP contribution < -0.4 is 0 Å². The van der Waals surface area contributed by atoms with Gasteiger partial charge >= 0.3 is 0 Å². The van der Waals surface area contributed by atoms with Crippen LogP contribution in [0.5, 0.6) is 0 Å². The monoisotopic (exact) mass is 656 g/mol. The maximum atomic E-state index is 5.17. The SMILES string of the molecule is CC1(C)c2ccccc2-c2ccc(-c3cc(-c4ccc5c(c4)C(C)(C)c4ccccc4-5)c4nn(-c5ccc(-c6cccnc6)cc5)nc4c3)cc21. The highest BCUT2D eigenvalue weighted by Crippen LogP contribution is 2.51. The van der Waals surface area contributed by atoms with E-state index in [1.165, 1.54) is 50.1 Å². The largest absolute Gasteiger partial charge is 0.264 e. The molecule has 0 radical (unpaired) electrons. The number of nitrogens with zero attached hydrogens (tertiary/aromatic N) is 4. The van der Waals surface area contributed by atoms with Gasteiger partial charge in [-0.3, -0.25) is 4.98 Å². The molecule has 0 unspecified atom stereocenters. The van der Waals surface area contributed by atoms with Crippen LogP contribution >= 0.6 is 0 Å². The van der Waals surface area contributed by atoms with Crippen LogP contribution in [-0.4, -0.2) is 20.0 Å². The minimum atomic E-state index is -0.104. The summed E-state index contributed by atoms with van der Waals surface area (Å²) in [4.78, 5) is 6.07. The van der Waals surface area contributed by atoms with Gasteiger partial charge in [0, 0.05) is 28.8 Å². The molecule has 4 nitrogen and oxygen atoms in total. The fourth-order valence-electron chi connectivity index (χ4n) is 8.60. The highest BCUT2D eigenvalue weighted by Gasteiger charge is 2.36. The third-order valence-electron chi connectivity index (χ3n) is 11.4. The molecule has 2 heterocycles. The molecule has 4 heteroatoms. The van der Waals surface area contributed by atoms with E-state index in [1.807, 2.05) is 12.3 Å². The highest BCUT2D eigenvalue weighted by molar-refractivity contribution is 5.97. The Morgan fingerprint density at radius 2 is 1.02 bits per heavy atom. The molecule has 0 bridgehead atoms. The maximum Gasteiger partial charge on any atom is 0.121 e. The molecule has 0 spiro atoms. The fourth-order valence-corrected chi connectivity index (χ4v) is 8.60. The van der Waals surface area contributed by atoms with E-state index in [4.69, 9.17) is 10.2 Å². The van der Waals surface area contributed by atoms with E-state index in [0.29, 0.717) is 0 Å². The van der Waals surface area contributed by atoms with Crippen molar-refractivity contribution in [3.63, 3.8) is 0 Å². The summed E-state index contributed by atoms with van der Waals surface area (Å²) in [6, 6.07) is 48.5. The van der Waals surface area contributed by atoms with Crippen molar-refractivity contribution in [3.8, 4) is 61.3 Å². The zero-order valence-electron chi connectivity index (χ0n) is 29.1. The zero-order valence-corrected chi connectivity index (χ0v) is 29.1. The van der Waals surface area contributed by atoms with Gasteiger partial charge in [-0.05, 0) is 115 Å². The number of hydrogen-bond acceptors (Lipinski definition) is 3. The van der Waals surface area contributed by atoms with Crippen LogP contribution in [0.25, 0.3) is 72.4 Å². The summed E-state index contributed by atoms with van der Waals surface area (Å²) in [5.74, 6) is 0. The Bertz CT molecular complexity index is 2680. The van der Waals surface area contributed by atoms with Crippen molar-refractivity contribution in [2.45, 2.75) is 38.5 Å². The molecule has 6 aromatic carbocycles. The summed E-state index contributed by atoms with van der Waals surface area (Å²) >= 11 is 0. The predicted molar refractivity (Wildman–Crippen MR) is 208 cm³/mol. The number of rotatable bonds is 4. The normalized spacial score (nSPS) is 14.6. The number of benzene rings is 6. The molecule has 244 valence electrons. The van der Waals surface area contributed by atoms with E-state index >= 15 is 0 Å². The van der Waals surface area contributed by atoms with E-state index in [0.717, 1.165) is 44.5 Å². The van der Waals surface area contributed by atoms with Crippen molar-refractivity contribution in [2.75, 3.05) is 0 Å². The molecule has 0 saturated heterocycles. The second kappa shape index (κ2) is 10.7. The molecule has 0 atom stereocenters. The molecular formula is C47H36N4. The molecule has 2 aromatic heterocycles. The van der Waals surface area contributed by atoms with Crippen molar-refractivity contribution in [1.82, 2.24) is 20.0 Å². The molecule has 10 rings (SSSR count). The number of fused-ring (bicyclic) bond motifs is 7. The van der Waals surface area contributed by atoms with Crippen LogP contribution in [0.15, 0.2) is 146 Å². The lowest BCUT2D eigenvalue weighted by Crippen LogP contribution is -2.15. The minimum Gasteiger partial charge on any atom is -0.264 e. The Kier molecular flexibility index (Phi) is 6.23. The summed E-state index contributed by atoms with van der Waals surface area (Å²) < 4.78 is 0. The average molecular weight is 657 g/mol. The van der Waals surface area contributed by atoms with Crippen molar-refractivity contribution in [1.29, 1.82) is 0 Å². The first-order chi connectivity index (χ1) is 24.8. The van der Waals surface area contributed by atoms with Crippen molar-refractivity contribution in [2.24, 2.45) is 0 Å². The Morgan fingerprint density at radius 1 is 0.431 bits per heavy atom. The van der Waals surface area contributed by atoms with Gasteiger partial charge in [-0.15, -0.1) is 10.2 Å². The summed E-state index contributed by atoms with van der Waals surface area (Å²) in [7, 11) is 0. The third kappa shape index (κ3) is 4.42. The van der Waals surface area contributed by atoms with Crippen LogP contribution in [0, 0.1) is 0 Å². The lowest BCUT2D eigenvalue weighted by molar-refractivity contribution is 0.660. The van der Waals surface area contributed by atoms with Gasteiger partial charge in [-0.2, -0.15) is 4.80 Å². The van der Waals surface area contributed by atoms with Gasteiger partial charge in [0.1, 0.15) is 11.0 Å². The molecule has 51 heavy (non-hydrogen) atoms. The van der Waals surface area contributed by atoms with E-state index in [9.17, 15) is 0 Å². The molecule has 2 aliphatic carbocycles. The molecular weight excluding hydrogens is 621 g/mol. The first kappa shape index (κ1) is 29.8. The van der Waals surface area contributed by atoms with Gasteiger partial charge in [0.2, 0.25) is 0 Å². The van der Waals surface area contributed by atoms with Gasteiger partial charge in [-0.1, -0.05) is 119 Å². The first-order valence-electron chi connectivity index (χ1n) is 17.7. The number of pyridine rings is 1. The second-order valence-corrected chi connectivity index (χ2v) is 15.0. The van der Waals surface area contributed by atoms with E-state index in [2.05, 4.69) is 160 Å². The van der Waals surface area contributed by atoms with E-state index in [-0.39, 0.29) is 10.8 Å². The molecule has 0 N–H and O–H groups in total. The van der Waals surface area contributed by atoms with Crippen molar-refractivity contribution < 1.29 is 0 Å². The molecule has 0 saturated carbocycles. The molecule has 0 amide bonds. The summed E-state index contributed by atoms with van der Waals surface area (Å²) in [5, 5.41) is 10.3.